The van der Waals surface area contributed by atoms with Crippen molar-refractivity contribution < 1.29 is 14.7 Å². The Bertz CT molecular complexity index is 839. The molecule has 0 aromatic heterocycles. The molecule has 1 aromatic rings. The van der Waals surface area contributed by atoms with Crippen molar-refractivity contribution in [2.75, 3.05) is 20.7 Å². The fourth-order valence-electron chi connectivity index (χ4n) is 4.07. The highest BCUT2D eigenvalue weighted by Crippen LogP contribution is 2.25. The molecule has 0 aliphatic carbocycles. The first-order valence-electron chi connectivity index (χ1n) is 13.6. The van der Waals surface area contributed by atoms with Crippen LogP contribution in [0.5, 0.6) is 0 Å². The lowest BCUT2D eigenvalue weighted by Gasteiger charge is -2.34. The van der Waals surface area contributed by atoms with E-state index in [4.69, 9.17) is 5.11 Å². The van der Waals surface area contributed by atoms with Gasteiger partial charge in [0.25, 0.3) is 0 Å². The number of allylic oxidation sites excluding steroid dienone is 2. The van der Waals surface area contributed by atoms with Crippen molar-refractivity contribution in [1.82, 2.24) is 15.5 Å². The number of rotatable bonds is 7. The Kier molecular flexibility index (Phi) is 19.4. The number of likely N-dealkylation sites (N-methyl/N-ethyl adjacent to an activating group) is 1. The lowest BCUT2D eigenvalue weighted by Crippen LogP contribution is -2.55. The predicted molar refractivity (Wildman–Crippen MR) is 159 cm³/mol. The Labute approximate surface area is 226 Å². The van der Waals surface area contributed by atoms with E-state index < -0.39 is 6.04 Å². The molecule has 0 bridgehead atoms. The van der Waals surface area contributed by atoms with Crippen LogP contribution in [-0.2, 0) is 16.1 Å². The molecular formula is C30H54N4O3. The molecule has 3 N–H and O–H groups in total. The zero-order valence-electron chi connectivity index (χ0n) is 25.5. The van der Waals surface area contributed by atoms with Gasteiger partial charge in [-0.1, -0.05) is 72.7 Å². The third kappa shape index (κ3) is 11.6. The van der Waals surface area contributed by atoms with Gasteiger partial charge >= 0.3 is 0 Å². The van der Waals surface area contributed by atoms with Gasteiger partial charge in [0.2, 0.25) is 11.8 Å². The van der Waals surface area contributed by atoms with Gasteiger partial charge in [-0.2, -0.15) is 0 Å². The number of carbonyl (C=O) groups is 2. The fourth-order valence-corrected chi connectivity index (χ4v) is 4.07. The Morgan fingerprint density at radius 2 is 1.65 bits per heavy atom. The highest BCUT2D eigenvalue weighted by molar-refractivity contribution is 5.90. The minimum absolute atomic E-state index is 0.00405. The van der Waals surface area contributed by atoms with Crippen LogP contribution < -0.4 is 10.6 Å². The largest absolute Gasteiger partial charge is 0.400 e. The van der Waals surface area contributed by atoms with Gasteiger partial charge < -0.3 is 20.6 Å². The molecule has 1 aliphatic heterocycles. The van der Waals surface area contributed by atoms with Crippen LogP contribution in [0.3, 0.4) is 0 Å². The molecule has 1 aliphatic rings. The smallest absolute Gasteiger partial charge is 0.243 e. The van der Waals surface area contributed by atoms with E-state index in [1.165, 1.54) is 0 Å². The van der Waals surface area contributed by atoms with Crippen LogP contribution in [0.2, 0.25) is 0 Å². The molecule has 2 unspecified atom stereocenters. The van der Waals surface area contributed by atoms with Gasteiger partial charge in [0.1, 0.15) is 6.04 Å². The maximum absolute atomic E-state index is 13.1. The summed E-state index contributed by atoms with van der Waals surface area (Å²) >= 11 is 0. The van der Waals surface area contributed by atoms with Crippen LogP contribution in [0.4, 0.5) is 0 Å². The summed E-state index contributed by atoms with van der Waals surface area (Å²) in [5.74, 6) is -0.0766. The first-order chi connectivity index (χ1) is 17.6. The average molecular weight is 519 g/mol. The zero-order chi connectivity index (χ0) is 29.2. The molecular weight excluding hydrogens is 464 g/mol. The topological polar surface area (TPSA) is 94.0 Å². The molecule has 1 fully saturated rings. The molecule has 0 radical (unpaired) electrons. The summed E-state index contributed by atoms with van der Waals surface area (Å²) in [5, 5.41) is 13.2. The van der Waals surface area contributed by atoms with Gasteiger partial charge in [0.15, 0.2) is 0 Å². The molecule has 37 heavy (non-hydrogen) atoms. The van der Waals surface area contributed by atoms with E-state index in [9.17, 15) is 9.59 Å². The van der Waals surface area contributed by atoms with Crippen molar-refractivity contribution in [2.45, 2.75) is 101 Å². The molecule has 1 aromatic carbocycles. The quantitative estimate of drug-likeness (QED) is 0.420. The molecule has 212 valence electrons. The number of aliphatic imine (C=N–C) groups is 1. The molecule has 2 rings (SSSR count). The maximum Gasteiger partial charge on any atom is 0.243 e. The van der Waals surface area contributed by atoms with E-state index in [2.05, 4.69) is 34.7 Å². The number of aliphatic hydroxyl groups is 1. The molecule has 0 saturated carbocycles. The SMILES string of the molecule is CC.CC.CC=N/C(C)=C(\C)c1ccc(CNC(=O)C2CCCN2C(=O)C(NC)C(C)(C)C)cc1.CO. The Balaban J connectivity index is 0. The Hall–Kier alpha value is -2.51. The van der Waals surface area contributed by atoms with Gasteiger partial charge in [0, 0.05) is 32.1 Å². The third-order valence-corrected chi connectivity index (χ3v) is 5.96. The lowest BCUT2D eigenvalue weighted by molar-refractivity contribution is -0.142. The van der Waals surface area contributed by atoms with Crippen molar-refractivity contribution in [2.24, 2.45) is 10.4 Å². The van der Waals surface area contributed by atoms with Gasteiger partial charge in [0.05, 0.1) is 6.04 Å². The minimum atomic E-state index is -0.398. The number of nitrogens with one attached hydrogen (secondary N) is 2. The standard InChI is InChI=1S/C25H38N4O2.2C2H6.CH4O/c1-8-27-18(3)17(2)20-13-11-19(12-14-20)16-28-23(30)21-10-9-15-29(21)24(31)22(26-7)25(4,5)6;3*1-2/h8,11-14,21-22,26H,9-10,15-16H2,1-7H3,(H,28,30);2*1-2H3;2H,1H3/b18-17+,27-8?;;;. The summed E-state index contributed by atoms with van der Waals surface area (Å²) in [6, 6.07) is 7.44. The second kappa shape index (κ2) is 19.6. The van der Waals surface area contributed by atoms with Crippen LogP contribution in [-0.4, -0.2) is 60.8 Å². The van der Waals surface area contributed by atoms with Crippen LogP contribution in [0.15, 0.2) is 35.0 Å². The van der Waals surface area contributed by atoms with Crippen LogP contribution in [0.25, 0.3) is 5.57 Å². The summed E-state index contributed by atoms with van der Waals surface area (Å²) in [4.78, 5) is 32.1. The number of hydrogen-bond donors (Lipinski definition) is 3. The van der Waals surface area contributed by atoms with Crippen LogP contribution in [0, 0.1) is 5.41 Å². The molecule has 7 heteroatoms. The minimum Gasteiger partial charge on any atom is -0.400 e. The summed E-state index contributed by atoms with van der Waals surface area (Å²) in [6.45, 7) is 21.1. The summed E-state index contributed by atoms with van der Waals surface area (Å²) in [6.07, 6.45) is 3.35. The molecule has 2 amide bonds. The van der Waals surface area contributed by atoms with Gasteiger partial charge in [-0.25, -0.2) is 0 Å². The number of hydrogen-bond acceptors (Lipinski definition) is 5. The number of likely N-dealkylation sites (tertiary alicyclic amines) is 1. The molecule has 1 heterocycles. The first kappa shape index (κ1) is 36.6. The number of benzene rings is 1. The average Bonchev–Trinajstić information content (AvgIpc) is 3.40. The van der Waals surface area contributed by atoms with Gasteiger partial charge in [-0.3, -0.25) is 14.6 Å². The van der Waals surface area contributed by atoms with Crippen molar-refractivity contribution >= 4 is 23.6 Å². The first-order valence-corrected chi connectivity index (χ1v) is 13.6. The van der Waals surface area contributed by atoms with Gasteiger partial charge in [-0.05, 0) is 62.8 Å². The van der Waals surface area contributed by atoms with Crippen molar-refractivity contribution in [3.05, 3.63) is 41.1 Å². The zero-order valence-corrected chi connectivity index (χ0v) is 25.5. The van der Waals surface area contributed by atoms with E-state index in [0.29, 0.717) is 19.5 Å². The maximum atomic E-state index is 13.1. The van der Waals surface area contributed by atoms with Crippen LogP contribution in [0.1, 0.15) is 93.2 Å². The third-order valence-electron chi connectivity index (χ3n) is 5.96. The second-order valence-electron chi connectivity index (χ2n) is 9.29. The highest BCUT2D eigenvalue weighted by atomic mass is 16.2. The van der Waals surface area contributed by atoms with Gasteiger partial charge in [-0.15, -0.1) is 0 Å². The predicted octanol–water partition coefficient (Wildman–Crippen LogP) is 5.43. The molecule has 2 atom stereocenters. The fraction of sp³-hybridized carbons (Fsp3) is 0.633. The normalized spacial score (nSPS) is 16.2. The molecule has 1 saturated heterocycles. The molecule has 0 spiro atoms. The van der Waals surface area contributed by atoms with Crippen molar-refractivity contribution in [3.8, 4) is 0 Å². The lowest BCUT2D eigenvalue weighted by atomic mass is 9.86. The van der Waals surface area contributed by atoms with Crippen molar-refractivity contribution in [3.63, 3.8) is 0 Å². The monoisotopic (exact) mass is 518 g/mol. The Morgan fingerprint density at radius 1 is 1.11 bits per heavy atom. The van der Waals surface area contributed by atoms with E-state index >= 15 is 0 Å². The highest BCUT2D eigenvalue weighted by Gasteiger charge is 2.40. The number of aliphatic hydroxyl groups excluding tert-OH is 1. The van der Waals surface area contributed by atoms with E-state index in [1.807, 2.05) is 74.4 Å². The number of amides is 2. The van der Waals surface area contributed by atoms with E-state index in [0.717, 1.165) is 35.9 Å². The van der Waals surface area contributed by atoms with Crippen LogP contribution >= 0.6 is 0 Å². The summed E-state index contributed by atoms with van der Waals surface area (Å²) < 4.78 is 0. The number of carbonyl (C=O) groups excluding carboxylic acids is 2. The number of nitrogens with zero attached hydrogens (tertiary/aromatic N) is 2. The summed E-state index contributed by atoms with van der Waals surface area (Å²) in [5.41, 5.74) is 4.05. The molecule has 7 nitrogen and oxygen atoms in total. The Morgan fingerprint density at radius 3 is 2.11 bits per heavy atom. The van der Waals surface area contributed by atoms with E-state index in [1.54, 1.807) is 18.2 Å². The van der Waals surface area contributed by atoms with Crippen molar-refractivity contribution in [1.29, 1.82) is 0 Å². The second-order valence-corrected chi connectivity index (χ2v) is 9.29. The summed E-state index contributed by atoms with van der Waals surface area (Å²) in [7, 11) is 2.80. The van der Waals surface area contributed by atoms with E-state index in [-0.39, 0.29) is 23.3 Å².